The van der Waals surface area contributed by atoms with Crippen molar-refractivity contribution in [2.75, 3.05) is 43.1 Å². The fourth-order valence-corrected chi connectivity index (χ4v) is 4.02. The van der Waals surface area contributed by atoms with Gasteiger partial charge in [0.2, 0.25) is 5.88 Å². The van der Waals surface area contributed by atoms with Crippen LogP contribution in [0, 0.1) is 0 Å². The number of ether oxygens (including phenoxy) is 1. The Hall–Kier alpha value is -3.32. The molecule has 0 radical (unpaired) electrons. The van der Waals surface area contributed by atoms with Crippen LogP contribution in [0.2, 0.25) is 0 Å². The molecule has 1 saturated heterocycles. The van der Waals surface area contributed by atoms with Gasteiger partial charge in [0.15, 0.2) is 0 Å². The maximum Gasteiger partial charge on any atom is 0.224 e. The minimum absolute atomic E-state index is 0.368. The van der Waals surface area contributed by atoms with E-state index >= 15 is 0 Å². The van der Waals surface area contributed by atoms with E-state index in [0.29, 0.717) is 5.92 Å². The molecule has 1 N–H and O–H groups in total. The van der Waals surface area contributed by atoms with Crippen molar-refractivity contribution in [1.29, 1.82) is 0 Å². The molecule has 5 rings (SSSR count). The van der Waals surface area contributed by atoms with E-state index in [0.717, 1.165) is 67.6 Å². The van der Waals surface area contributed by atoms with Crippen LogP contribution in [0.5, 0.6) is 0 Å². The van der Waals surface area contributed by atoms with Gasteiger partial charge in [0.1, 0.15) is 6.33 Å². The van der Waals surface area contributed by atoms with Gasteiger partial charge in [0, 0.05) is 37.1 Å². The van der Waals surface area contributed by atoms with Crippen molar-refractivity contribution < 1.29 is 9.26 Å². The Morgan fingerprint density at radius 2 is 1.78 bits per heavy atom. The van der Waals surface area contributed by atoms with E-state index in [1.54, 1.807) is 0 Å². The van der Waals surface area contributed by atoms with E-state index in [-0.39, 0.29) is 0 Å². The van der Waals surface area contributed by atoms with E-state index in [1.807, 2.05) is 12.4 Å². The highest BCUT2D eigenvalue weighted by molar-refractivity contribution is 5.81. The zero-order chi connectivity index (χ0) is 21.9. The topological polar surface area (TPSA) is 68.4 Å². The average molecular weight is 432 g/mol. The molecule has 1 aliphatic rings. The highest BCUT2D eigenvalue weighted by Crippen LogP contribution is 2.25. The molecular formula is C25H29N5O2. The monoisotopic (exact) mass is 431 g/mol. The molecule has 0 aliphatic carbocycles. The van der Waals surface area contributed by atoms with Gasteiger partial charge in [0.25, 0.3) is 0 Å². The van der Waals surface area contributed by atoms with Crippen LogP contribution in [0.4, 0.5) is 11.6 Å². The smallest absolute Gasteiger partial charge is 0.224 e. The highest BCUT2D eigenvalue weighted by atomic mass is 16.5. The van der Waals surface area contributed by atoms with Gasteiger partial charge >= 0.3 is 0 Å². The molecule has 0 saturated carbocycles. The van der Waals surface area contributed by atoms with Crippen molar-refractivity contribution in [3.8, 4) is 5.69 Å². The Morgan fingerprint density at radius 3 is 2.53 bits per heavy atom. The summed E-state index contributed by atoms with van der Waals surface area (Å²) in [6.07, 6.45) is 2.81. The number of nitrogens with zero attached hydrogens (tertiary/aromatic N) is 4. The summed E-state index contributed by atoms with van der Waals surface area (Å²) in [4.78, 5) is 7.00. The van der Waals surface area contributed by atoms with Gasteiger partial charge in [0.05, 0.1) is 29.9 Å². The predicted molar refractivity (Wildman–Crippen MR) is 127 cm³/mol. The van der Waals surface area contributed by atoms with Crippen LogP contribution in [0.25, 0.3) is 16.7 Å². The first-order valence-corrected chi connectivity index (χ1v) is 11.3. The number of imidazole rings is 1. The zero-order valence-electron chi connectivity index (χ0n) is 18.6. The molecule has 2 aromatic carbocycles. The van der Waals surface area contributed by atoms with Gasteiger partial charge in [-0.05, 0) is 48.2 Å². The number of anilines is 2. The molecule has 0 bridgehead atoms. The summed E-state index contributed by atoms with van der Waals surface area (Å²) in [5, 5.41) is 7.39. The minimum Gasteiger partial charge on any atom is -0.378 e. The number of morpholine rings is 1. The van der Waals surface area contributed by atoms with Gasteiger partial charge in [-0.2, -0.15) is 0 Å². The van der Waals surface area contributed by atoms with E-state index in [4.69, 9.17) is 9.26 Å². The average Bonchev–Trinajstić information content (AvgIpc) is 3.47. The van der Waals surface area contributed by atoms with E-state index in [9.17, 15) is 0 Å². The standard InChI is InChI=1S/C25H29N5O2/c1-18(2)22-16-25(32-28-22)26-10-9-19-3-5-20(6-4-19)30-17-27-23-15-21(7-8-24(23)30)29-11-13-31-14-12-29/h3-8,15-18,26H,9-14H2,1-2H3. The fraction of sp³-hybridized carbons (Fsp3) is 0.360. The van der Waals surface area contributed by atoms with Gasteiger partial charge in [-0.25, -0.2) is 4.98 Å². The normalized spacial score (nSPS) is 14.4. The first-order chi connectivity index (χ1) is 15.7. The second-order valence-corrected chi connectivity index (χ2v) is 8.50. The van der Waals surface area contributed by atoms with Gasteiger partial charge < -0.3 is 19.5 Å². The lowest BCUT2D eigenvalue weighted by Crippen LogP contribution is -2.36. The predicted octanol–water partition coefficient (Wildman–Crippen LogP) is 4.63. The van der Waals surface area contributed by atoms with Crippen LogP contribution < -0.4 is 10.2 Å². The maximum absolute atomic E-state index is 5.46. The zero-order valence-corrected chi connectivity index (χ0v) is 18.6. The van der Waals surface area contributed by atoms with Crippen molar-refractivity contribution in [3.05, 3.63) is 66.1 Å². The Balaban J connectivity index is 1.24. The third kappa shape index (κ3) is 4.34. The summed E-state index contributed by atoms with van der Waals surface area (Å²) in [5.74, 6) is 1.10. The van der Waals surface area contributed by atoms with Gasteiger partial charge in [-0.1, -0.05) is 31.1 Å². The molecule has 166 valence electrons. The third-order valence-corrected chi connectivity index (χ3v) is 5.95. The molecule has 1 aliphatic heterocycles. The first-order valence-electron chi connectivity index (χ1n) is 11.3. The molecular weight excluding hydrogens is 402 g/mol. The van der Waals surface area contributed by atoms with Crippen LogP contribution in [0.3, 0.4) is 0 Å². The van der Waals surface area contributed by atoms with Crippen LogP contribution in [0.15, 0.2) is 59.4 Å². The number of fused-ring (bicyclic) bond motifs is 1. The van der Waals surface area contributed by atoms with Crippen molar-refractivity contribution in [2.24, 2.45) is 0 Å². The molecule has 2 aromatic heterocycles. The molecule has 32 heavy (non-hydrogen) atoms. The first kappa shape index (κ1) is 20.6. The van der Waals surface area contributed by atoms with Gasteiger partial charge in [-0.15, -0.1) is 0 Å². The minimum atomic E-state index is 0.368. The van der Waals surface area contributed by atoms with Crippen LogP contribution in [-0.2, 0) is 11.2 Å². The lowest BCUT2D eigenvalue weighted by Gasteiger charge is -2.28. The number of rotatable bonds is 7. The summed E-state index contributed by atoms with van der Waals surface area (Å²) in [6.45, 7) is 8.43. The molecule has 0 amide bonds. The number of hydrogen-bond acceptors (Lipinski definition) is 6. The summed E-state index contributed by atoms with van der Waals surface area (Å²) >= 11 is 0. The summed E-state index contributed by atoms with van der Waals surface area (Å²) in [7, 11) is 0. The molecule has 7 heteroatoms. The molecule has 7 nitrogen and oxygen atoms in total. The molecule has 4 aromatic rings. The maximum atomic E-state index is 5.46. The van der Waals surface area contributed by atoms with E-state index in [2.05, 4.69) is 81.2 Å². The summed E-state index contributed by atoms with van der Waals surface area (Å²) < 4.78 is 12.9. The van der Waals surface area contributed by atoms with Crippen LogP contribution in [0.1, 0.15) is 31.0 Å². The van der Waals surface area contributed by atoms with Crippen molar-refractivity contribution in [2.45, 2.75) is 26.2 Å². The largest absolute Gasteiger partial charge is 0.378 e. The molecule has 1 fully saturated rings. The molecule has 0 spiro atoms. The molecule has 3 heterocycles. The van der Waals surface area contributed by atoms with Gasteiger partial charge in [-0.3, -0.25) is 4.57 Å². The Bertz CT molecular complexity index is 1170. The second kappa shape index (κ2) is 9.04. The number of benzene rings is 2. The van der Waals surface area contributed by atoms with E-state index in [1.165, 1.54) is 11.3 Å². The molecule has 0 atom stereocenters. The highest BCUT2D eigenvalue weighted by Gasteiger charge is 2.13. The van der Waals surface area contributed by atoms with Crippen molar-refractivity contribution in [1.82, 2.24) is 14.7 Å². The van der Waals surface area contributed by atoms with Crippen molar-refractivity contribution >= 4 is 22.6 Å². The molecule has 0 unspecified atom stereocenters. The summed E-state index contributed by atoms with van der Waals surface area (Å²) in [5.41, 5.74) is 6.68. The Labute approximate surface area is 188 Å². The quantitative estimate of drug-likeness (QED) is 0.460. The number of aromatic nitrogens is 3. The van der Waals surface area contributed by atoms with E-state index < -0.39 is 0 Å². The Kier molecular flexibility index (Phi) is 5.81. The summed E-state index contributed by atoms with van der Waals surface area (Å²) in [6, 6.07) is 17.1. The Morgan fingerprint density at radius 1 is 1.00 bits per heavy atom. The fourth-order valence-electron chi connectivity index (χ4n) is 4.02. The number of hydrogen-bond donors (Lipinski definition) is 1. The van der Waals surface area contributed by atoms with Crippen LogP contribution >= 0.6 is 0 Å². The second-order valence-electron chi connectivity index (χ2n) is 8.50. The third-order valence-electron chi connectivity index (χ3n) is 5.95. The SMILES string of the molecule is CC(C)c1cc(NCCc2ccc(-n3cnc4cc(N5CCOCC5)ccc43)cc2)on1. The lowest BCUT2D eigenvalue weighted by atomic mass is 10.1. The van der Waals surface area contributed by atoms with Crippen LogP contribution in [-0.4, -0.2) is 47.6 Å². The number of nitrogens with one attached hydrogen (secondary N) is 1. The van der Waals surface area contributed by atoms with Crippen molar-refractivity contribution in [3.63, 3.8) is 0 Å². The lowest BCUT2D eigenvalue weighted by molar-refractivity contribution is 0.122.